The Morgan fingerprint density at radius 3 is 2.94 bits per heavy atom. The molecule has 1 spiro atoms. The van der Waals surface area contributed by atoms with Crippen LogP contribution in [0.2, 0.25) is 0 Å². The molecule has 35 heavy (non-hydrogen) atoms. The van der Waals surface area contributed by atoms with Gasteiger partial charge in [0.15, 0.2) is 12.4 Å². The zero-order valence-corrected chi connectivity index (χ0v) is 19.8. The van der Waals surface area contributed by atoms with Gasteiger partial charge in [-0.05, 0) is 43.2 Å². The number of oxime groups is 1. The average Bonchev–Trinajstić information content (AvgIpc) is 3.56. The molecular weight excluding hydrogens is 447 g/mol. The van der Waals surface area contributed by atoms with Gasteiger partial charge < -0.3 is 23.8 Å². The van der Waals surface area contributed by atoms with Gasteiger partial charge in [0, 0.05) is 19.2 Å². The van der Waals surface area contributed by atoms with Gasteiger partial charge in [-0.1, -0.05) is 42.1 Å². The normalized spacial score (nSPS) is 21.1. The molecule has 0 N–H and O–H groups in total. The Labute approximate surface area is 203 Å². The maximum Gasteiger partial charge on any atom is 0.277 e. The third-order valence-corrected chi connectivity index (χ3v) is 6.34. The molecule has 4 heterocycles. The molecule has 0 bridgehead atoms. The first kappa shape index (κ1) is 22.7. The Bertz CT molecular complexity index is 1320. The minimum Gasteiger partial charge on any atom is -0.495 e. The van der Waals surface area contributed by atoms with Crippen LogP contribution in [-0.2, 0) is 15.3 Å². The van der Waals surface area contributed by atoms with Crippen LogP contribution in [0.15, 0.2) is 90.2 Å². The lowest BCUT2D eigenvalue weighted by Gasteiger charge is -2.35. The van der Waals surface area contributed by atoms with E-state index >= 15 is 0 Å². The van der Waals surface area contributed by atoms with Gasteiger partial charge in [-0.3, -0.25) is 0 Å². The molecule has 0 aliphatic carbocycles. The van der Waals surface area contributed by atoms with Crippen molar-refractivity contribution in [3.63, 3.8) is 0 Å². The molecule has 0 saturated carbocycles. The van der Waals surface area contributed by atoms with Crippen LogP contribution < -0.4 is 4.74 Å². The smallest absolute Gasteiger partial charge is 0.277 e. The second kappa shape index (κ2) is 8.94. The van der Waals surface area contributed by atoms with Crippen molar-refractivity contribution < 1.29 is 18.7 Å². The molecular formula is C27H27FN4O3. The second-order valence-corrected chi connectivity index (χ2v) is 8.61. The van der Waals surface area contributed by atoms with E-state index < -0.39 is 5.72 Å². The molecule has 5 rings (SSSR count). The van der Waals surface area contributed by atoms with Crippen molar-refractivity contribution in [3.05, 3.63) is 102 Å². The number of fused-ring (bicyclic) bond motifs is 4. The molecule has 2 aromatic rings. The number of rotatable bonds is 7. The number of allylic oxidation sites excluding steroid dienone is 5. The first-order valence-electron chi connectivity index (χ1n) is 11.4. The monoisotopic (exact) mass is 474 g/mol. The summed E-state index contributed by atoms with van der Waals surface area (Å²) >= 11 is 0. The number of amidine groups is 1. The quantitative estimate of drug-likeness (QED) is 0.415. The average molecular weight is 475 g/mol. The number of methoxy groups -OCH3 is 1. The summed E-state index contributed by atoms with van der Waals surface area (Å²) < 4.78 is 27.9. The molecule has 8 heteroatoms. The highest BCUT2D eigenvalue weighted by molar-refractivity contribution is 6.00. The van der Waals surface area contributed by atoms with Crippen LogP contribution in [0, 0.1) is 12.7 Å². The summed E-state index contributed by atoms with van der Waals surface area (Å²) in [5, 5.41) is 4.38. The third-order valence-electron chi connectivity index (χ3n) is 6.34. The molecule has 3 aliphatic rings. The van der Waals surface area contributed by atoms with Crippen molar-refractivity contribution in [2.45, 2.75) is 25.5 Å². The Hall–Kier alpha value is -4.07. The summed E-state index contributed by atoms with van der Waals surface area (Å²) in [4.78, 5) is 12.2. The van der Waals surface area contributed by atoms with Crippen molar-refractivity contribution in [2.75, 3.05) is 20.3 Å². The fraction of sp³-hybridized carbons (Fsp3) is 0.259. The van der Waals surface area contributed by atoms with E-state index in [4.69, 9.17) is 14.3 Å². The van der Waals surface area contributed by atoms with E-state index in [-0.39, 0.29) is 12.4 Å². The van der Waals surface area contributed by atoms with Gasteiger partial charge in [0.1, 0.15) is 22.9 Å². The van der Waals surface area contributed by atoms with Crippen LogP contribution in [0.25, 0.3) is 5.70 Å². The molecule has 3 aliphatic heterocycles. The van der Waals surface area contributed by atoms with Gasteiger partial charge in [0.25, 0.3) is 5.72 Å². The van der Waals surface area contributed by atoms with E-state index in [1.807, 2.05) is 34.7 Å². The number of hydrogen-bond donors (Lipinski definition) is 0. The number of ether oxygens (including phenoxy) is 2. The summed E-state index contributed by atoms with van der Waals surface area (Å²) in [6.07, 6.45) is 12.6. The molecule has 1 atom stereocenters. The molecule has 1 unspecified atom stereocenters. The van der Waals surface area contributed by atoms with Crippen molar-refractivity contribution in [1.82, 2.24) is 14.5 Å². The Balaban J connectivity index is 1.36. The lowest BCUT2D eigenvalue weighted by Crippen LogP contribution is -2.49. The maximum atomic E-state index is 14.8. The van der Waals surface area contributed by atoms with Crippen LogP contribution in [0.5, 0.6) is 5.75 Å². The lowest BCUT2D eigenvalue weighted by molar-refractivity contribution is -0.115. The molecule has 1 aromatic carbocycles. The number of hydrogen-bond acceptors (Lipinski definition) is 6. The predicted molar refractivity (Wildman–Crippen MR) is 132 cm³/mol. The lowest BCUT2D eigenvalue weighted by atomic mass is 9.95. The predicted octanol–water partition coefficient (Wildman–Crippen LogP) is 5.06. The van der Waals surface area contributed by atoms with E-state index in [9.17, 15) is 4.39 Å². The van der Waals surface area contributed by atoms with Gasteiger partial charge >= 0.3 is 0 Å². The van der Waals surface area contributed by atoms with E-state index in [0.29, 0.717) is 35.9 Å². The van der Waals surface area contributed by atoms with Crippen LogP contribution in [0.3, 0.4) is 0 Å². The Morgan fingerprint density at radius 1 is 1.34 bits per heavy atom. The Kier molecular flexibility index (Phi) is 5.80. The zero-order chi connectivity index (χ0) is 24.6. The molecule has 0 radical (unpaired) electrons. The first-order valence-corrected chi connectivity index (χ1v) is 11.4. The highest BCUT2D eigenvalue weighted by atomic mass is 19.1. The molecule has 7 nitrogen and oxygen atoms in total. The Morgan fingerprint density at radius 2 is 2.20 bits per heavy atom. The summed E-state index contributed by atoms with van der Waals surface area (Å²) in [7, 11) is 1.60. The highest BCUT2D eigenvalue weighted by Gasteiger charge is 2.56. The van der Waals surface area contributed by atoms with E-state index in [0.717, 1.165) is 29.0 Å². The molecule has 0 fully saturated rings. The first-order chi connectivity index (χ1) is 17.0. The fourth-order valence-corrected chi connectivity index (χ4v) is 4.69. The fourth-order valence-electron chi connectivity index (χ4n) is 4.69. The topological polar surface area (TPSA) is 61.1 Å². The van der Waals surface area contributed by atoms with Gasteiger partial charge in [0.2, 0.25) is 0 Å². The van der Waals surface area contributed by atoms with Gasteiger partial charge in [0.05, 0.1) is 24.8 Å². The number of nitrogens with zero attached hydrogens (tertiary/aromatic N) is 4. The number of halogens is 1. The standard InChI is InChI=1S/C27H27FN4O3/c1-5-23(33-4)22(31-15-19(3)29-17-31)12-11-18(2)14-20-8-7-13-32-26(20)30-35-27(32)16-34-24-10-6-9-21(28)25(24)27/h5-6,8-12,15,17H,1-2,7,13-14,16H2,3-4H3/b12-11-,23-22-. The SMILES string of the molecule is C=C/C(OC)=C(\C=C/C(=C)CC1=CCCN2C1=NOC21COc2cccc(F)c21)n1cnc(C)c1. The summed E-state index contributed by atoms with van der Waals surface area (Å²) in [5.41, 5.74) is 2.86. The van der Waals surface area contributed by atoms with Crippen LogP contribution in [-0.4, -0.2) is 40.5 Å². The minimum absolute atomic E-state index is 0.185. The molecule has 0 saturated heterocycles. The molecule has 180 valence electrons. The minimum atomic E-state index is -1.07. The number of benzene rings is 1. The van der Waals surface area contributed by atoms with Crippen LogP contribution in [0.4, 0.5) is 4.39 Å². The van der Waals surface area contributed by atoms with E-state index in [1.54, 1.807) is 31.6 Å². The highest BCUT2D eigenvalue weighted by Crippen LogP contribution is 2.48. The third kappa shape index (κ3) is 3.84. The molecule has 1 aromatic heterocycles. The maximum absolute atomic E-state index is 14.8. The number of aryl methyl sites for hydroxylation is 1. The van der Waals surface area contributed by atoms with Gasteiger partial charge in [-0.15, -0.1) is 0 Å². The zero-order valence-electron chi connectivity index (χ0n) is 19.8. The second-order valence-electron chi connectivity index (χ2n) is 8.61. The van der Waals surface area contributed by atoms with Crippen molar-refractivity contribution in [1.29, 1.82) is 0 Å². The summed E-state index contributed by atoms with van der Waals surface area (Å²) in [5.74, 6) is 1.45. The largest absolute Gasteiger partial charge is 0.495 e. The summed E-state index contributed by atoms with van der Waals surface area (Å²) in [6.45, 7) is 10.9. The van der Waals surface area contributed by atoms with Gasteiger partial charge in [-0.25, -0.2) is 9.37 Å². The van der Waals surface area contributed by atoms with Gasteiger partial charge in [-0.2, -0.15) is 0 Å². The number of imidazole rings is 1. The number of aromatic nitrogens is 2. The molecule has 0 amide bonds. The van der Waals surface area contributed by atoms with Crippen LogP contribution >= 0.6 is 0 Å². The van der Waals surface area contributed by atoms with E-state index in [1.165, 1.54) is 6.07 Å². The van der Waals surface area contributed by atoms with Crippen LogP contribution in [0.1, 0.15) is 24.1 Å². The van der Waals surface area contributed by atoms with E-state index in [2.05, 4.69) is 29.4 Å². The van der Waals surface area contributed by atoms with Crippen molar-refractivity contribution in [2.24, 2.45) is 5.16 Å². The van der Waals surface area contributed by atoms with Crippen molar-refractivity contribution in [3.8, 4) is 5.75 Å². The van der Waals surface area contributed by atoms with Crippen molar-refractivity contribution >= 4 is 11.5 Å². The summed E-state index contributed by atoms with van der Waals surface area (Å²) in [6, 6.07) is 4.82.